The minimum atomic E-state index is -1.06. The molecule has 0 amide bonds. The lowest BCUT2D eigenvalue weighted by Crippen LogP contribution is -2.24. The number of aliphatic hydroxyl groups is 1. The monoisotopic (exact) mass is 380 g/mol. The summed E-state index contributed by atoms with van der Waals surface area (Å²) in [6.07, 6.45) is 6.71. The molecule has 2 N–H and O–H groups in total. The van der Waals surface area contributed by atoms with Crippen molar-refractivity contribution < 1.29 is 5.11 Å². The van der Waals surface area contributed by atoms with Gasteiger partial charge in [-0.25, -0.2) is 19.3 Å². The van der Waals surface area contributed by atoms with Crippen molar-refractivity contribution in [1.29, 1.82) is 0 Å². The molecule has 0 aromatic carbocycles. The number of anilines is 1. The largest absolute Gasteiger partial charge is 0.384 e. The van der Waals surface area contributed by atoms with Gasteiger partial charge in [-0.05, 0) is 45.7 Å². The first-order chi connectivity index (χ1) is 13.4. The predicted molar refractivity (Wildman–Crippen MR) is 108 cm³/mol. The maximum Gasteiger partial charge on any atom is 0.278 e. The van der Waals surface area contributed by atoms with Gasteiger partial charge in [0.2, 0.25) is 5.95 Å². The van der Waals surface area contributed by atoms with E-state index in [4.69, 9.17) is 0 Å². The molecule has 146 valence electrons. The molecule has 2 bridgehead atoms. The quantitative estimate of drug-likeness (QED) is 0.663. The van der Waals surface area contributed by atoms with Crippen molar-refractivity contribution in [2.75, 3.05) is 5.32 Å². The maximum absolute atomic E-state index is 13.0. The van der Waals surface area contributed by atoms with Gasteiger partial charge in [0.05, 0.1) is 12.2 Å². The number of hydrogen-bond acceptors (Lipinski definition) is 6. The molecule has 0 spiro atoms. The van der Waals surface area contributed by atoms with Crippen molar-refractivity contribution in [3.63, 3.8) is 0 Å². The minimum absolute atomic E-state index is 0.160. The van der Waals surface area contributed by atoms with Gasteiger partial charge in [-0.15, -0.1) is 0 Å². The molecule has 1 atom stereocenters. The molecule has 4 rings (SSSR count). The molecule has 3 aromatic rings. The number of nitrogens with zero attached hydrogens (tertiary/aromatic N) is 5. The molecule has 1 aliphatic rings. The van der Waals surface area contributed by atoms with E-state index in [0.717, 1.165) is 0 Å². The van der Waals surface area contributed by atoms with Crippen LogP contribution in [0.15, 0.2) is 41.3 Å². The van der Waals surface area contributed by atoms with Crippen LogP contribution in [0.1, 0.15) is 39.3 Å². The number of aromatic nitrogens is 5. The normalized spacial score (nSPS) is 20.6. The zero-order valence-corrected chi connectivity index (χ0v) is 16.3. The third-order valence-corrected chi connectivity index (χ3v) is 4.84. The third-order valence-electron chi connectivity index (χ3n) is 4.84. The molecule has 1 aliphatic heterocycles. The van der Waals surface area contributed by atoms with E-state index in [1.165, 1.54) is 0 Å². The molecule has 0 radical (unpaired) electrons. The number of allylic oxidation sites excluding steroid dienone is 2. The second-order valence-electron chi connectivity index (χ2n) is 7.59. The van der Waals surface area contributed by atoms with E-state index < -0.39 is 5.60 Å². The van der Waals surface area contributed by atoms with Crippen LogP contribution in [0, 0.1) is 0 Å². The molecule has 0 fully saturated rings. The van der Waals surface area contributed by atoms with Gasteiger partial charge in [0.25, 0.3) is 5.56 Å². The Morgan fingerprint density at radius 3 is 2.86 bits per heavy atom. The lowest BCUT2D eigenvalue weighted by molar-refractivity contribution is 0.0443. The average Bonchev–Trinajstić information content (AvgIpc) is 2.91. The highest BCUT2D eigenvalue weighted by Crippen LogP contribution is 2.26. The van der Waals surface area contributed by atoms with E-state index in [2.05, 4.69) is 20.3 Å². The summed E-state index contributed by atoms with van der Waals surface area (Å²) in [4.78, 5) is 26.5. The summed E-state index contributed by atoms with van der Waals surface area (Å²) in [7, 11) is 0. The average molecular weight is 380 g/mol. The Morgan fingerprint density at radius 2 is 2.07 bits per heavy atom. The van der Waals surface area contributed by atoms with Crippen molar-refractivity contribution in [3.05, 3.63) is 52.6 Å². The second kappa shape index (κ2) is 6.87. The highest BCUT2D eigenvalue weighted by atomic mass is 16.3. The van der Waals surface area contributed by atoms with Gasteiger partial charge in [0, 0.05) is 12.2 Å². The topological polar surface area (TPSA) is 97.9 Å². The smallest absolute Gasteiger partial charge is 0.278 e. The Balaban J connectivity index is 2.01. The van der Waals surface area contributed by atoms with Gasteiger partial charge >= 0.3 is 0 Å². The fraction of sp³-hybridized carbons (Fsp3) is 0.400. The van der Waals surface area contributed by atoms with Crippen molar-refractivity contribution >= 4 is 17.0 Å². The first kappa shape index (κ1) is 18.4. The first-order valence-corrected chi connectivity index (χ1v) is 9.47. The standard InChI is InChI=1S/C20H24N6O2/c1-13(2)22-19-21-12-14-17(24-19)26-16-9-7-8-15(23-16)20(3,28)10-5-4-6-11-25(26)18(14)27/h4,6-9,12-13,28H,5,10-11H2,1-3H3,(H,21,22,24)/b6-4-/t20-/m0/s1. The van der Waals surface area contributed by atoms with E-state index in [-0.39, 0.29) is 11.6 Å². The highest BCUT2D eigenvalue weighted by molar-refractivity contribution is 5.76. The first-order valence-electron chi connectivity index (χ1n) is 9.47. The summed E-state index contributed by atoms with van der Waals surface area (Å²) >= 11 is 0. The molecular weight excluding hydrogens is 356 g/mol. The van der Waals surface area contributed by atoms with Gasteiger partial charge in [0.15, 0.2) is 11.5 Å². The molecule has 0 saturated heterocycles. The number of pyridine rings is 1. The number of fused-ring (bicyclic) bond motifs is 6. The van der Waals surface area contributed by atoms with Crippen LogP contribution in [-0.4, -0.2) is 35.5 Å². The molecular formula is C20H24N6O2. The van der Waals surface area contributed by atoms with Gasteiger partial charge < -0.3 is 10.4 Å². The van der Waals surface area contributed by atoms with Gasteiger partial charge in [-0.3, -0.25) is 4.79 Å². The van der Waals surface area contributed by atoms with Crippen LogP contribution < -0.4 is 10.9 Å². The molecule has 8 heteroatoms. The zero-order chi connectivity index (χ0) is 19.9. The Kier molecular flexibility index (Phi) is 4.50. The van der Waals surface area contributed by atoms with Crippen LogP contribution in [0.25, 0.3) is 16.9 Å². The Morgan fingerprint density at radius 1 is 1.25 bits per heavy atom. The fourth-order valence-corrected chi connectivity index (χ4v) is 3.38. The summed E-state index contributed by atoms with van der Waals surface area (Å²) in [5.41, 5.74) is -0.178. The van der Waals surface area contributed by atoms with Crippen LogP contribution in [0.2, 0.25) is 0 Å². The maximum atomic E-state index is 13.0. The third kappa shape index (κ3) is 3.20. The van der Waals surface area contributed by atoms with Crippen LogP contribution >= 0.6 is 0 Å². The van der Waals surface area contributed by atoms with Crippen LogP contribution in [0.4, 0.5) is 5.95 Å². The molecule has 28 heavy (non-hydrogen) atoms. The van der Waals surface area contributed by atoms with Crippen LogP contribution in [0.5, 0.6) is 0 Å². The molecule has 3 aromatic heterocycles. The van der Waals surface area contributed by atoms with Crippen molar-refractivity contribution in [3.8, 4) is 5.82 Å². The number of nitrogens with one attached hydrogen (secondary N) is 1. The zero-order valence-electron chi connectivity index (χ0n) is 16.3. The molecule has 8 nitrogen and oxygen atoms in total. The minimum Gasteiger partial charge on any atom is -0.384 e. The van der Waals surface area contributed by atoms with Crippen molar-refractivity contribution in [2.45, 2.75) is 51.8 Å². The lowest BCUT2D eigenvalue weighted by Gasteiger charge is -2.22. The van der Waals surface area contributed by atoms with Crippen LogP contribution in [0.3, 0.4) is 0 Å². The fourth-order valence-electron chi connectivity index (χ4n) is 3.38. The van der Waals surface area contributed by atoms with E-state index in [0.29, 0.717) is 47.9 Å². The van der Waals surface area contributed by atoms with E-state index in [1.54, 1.807) is 28.6 Å². The van der Waals surface area contributed by atoms with E-state index >= 15 is 0 Å². The van der Waals surface area contributed by atoms with Crippen LogP contribution in [-0.2, 0) is 12.1 Å². The SMILES string of the molecule is CC(C)Nc1ncc2c(=O)n3n(c2n1)-c1cccc(n1)[C@@](C)(O)CC/C=C\C3. The Hall–Kier alpha value is -3.00. The molecule has 0 aliphatic carbocycles. The molecule has 0 unspecified atom stereocenters. The summed E-state index contributed by atoms with van der Waals surface area (Å²) < 4.78 is 3.31. The summed E-state index contributed by atoms with van der Waals surface area (Å²) in [5, 5.41) is 14.5. The van der Waals surface area contributed by atoms with E-state index in [9.17, 15) is 9.90 Å². The van der Waals surface area contributed by atoms with Gasteiger partial charge in [-0.2, -0.15) is 4.98 Å². The summed E-state index contributed by atoms with van der Waals surface area (Å²) in [6.45, 7) is 6.15. The van der Waals surface area contributed by atoms with Crippen molar-refractivity contribution in [1.82, 2.24) is 24.3 Å². The molecule has 4 heterocycles. The number of rotatable bonds is 2. The van der Waals surface area contributed by atoms with E-state index in [1.807, 2.05) is 38.1 Å². The van der Waals surface area contributed by atoms with Gasteiger partial charge in [-0.1, -0.05) is 18.2 Å². The Bertz CT molecular complexity index is 1110. The Labute approximate surface area is 162 Å². The van der Waals surface area contributed by atoms with Crippen molar-refractivity contribution in [2.24, 2.45) is 0 Å². The summed E-state index contributed by atoms with van der Waals surface area (Å²) in [5.74, 6) is 0.991. The number of hydrogen-bond donors (Lipinski definition) is 2. The van der Waals surface area contributed by atoms with Gasteiger partial charge in [0.1, 0.15) is 11.0 Å². The highest BCUT2D eigenvalue weighted by Gasteiger charge is 2.26. The predicted octanol–water partition coefficient (Wildman–Crippen LogP) is 2.36. The second-order valence-corrected chi connectivity index (χ2v) is 7.59. The molecule has 0 saturated carbocycles. The lowest BCUT2D eigenvalue weighted by atomic mass is 9.95. The summed E-state index contributed by atoms with van der Waals surface area (Å²) in [6, 6.07) is 5.62.